The minimum atomic E-state index is -1.28. The number of fused-ring (bicyclic) bond motifs is 5. The van der Waals surface area contributed by atoms with Crippen molar-refractivity contribution in [2.24, 2.45) is 10.7 Å². The van der Waals surface area contributed by atoms with Gasteiger partial charge in [0.1, 0.15) is 30.4 Å². The second-order valence-electron chi connectivity index (χ2n) is 10.7. The molecule has 1 unspecified atom stereocenters. The number of ether oxygens (including phenoxy) is 2. The number of nitrogens with two attached hydrogens (primary N) is 2. The van der Waals surface area contributed by atoms with E-state index in [9.17, 15) is 9.65 Å². The highest BCUT2D eigenvalue weighted by atomic mass is 28.3. The smallest absolute Gasteiger partial charge is 0.166 e. The van der Waals surface area contributed by atoms with Gasteiger partial charge in [-0.05, 0) is 49.0 Å². The Bertz CT molecular complexity index is 1480. The maximum atomic E-state index is 14.4. The minimum absolute atomic E-state index is 0.127. The van der Waals surface area contributed by atoms with E-state index < -0.39 is 20.0 Å². The zero-order valence-electron chi connectivity index (χ0n) is 23.0. The Hall–Kier alpha value is -4.01. The van der Waals surface area contributed by atoms with Crippen molar-refractivity contribution >= 4 is 19.6 Å². The molecule has 3 heterocycles. The number of nitrogens with zero attached hydrogens (tertiary/aromatic N) is 5. The Kier molecular flexibility index (Phi) is 8.18. The quantitative estimate of drug-likeness (QED) is 0.345. The molecule has 0 spiro atoms. The van der Waals surface area contributed by atoms with Gasteiger partial charge in [-0.15, -0.1) is 0 Å². The molecule has 0 saturated carbocycles. The molecule has 204 valence electrons. The lowest BCUT2D eigenvalue weighted by Crippen LogP contribution is -2.22. The van der Waals surface area contributed by atoms with Crippen LogP contribution in [0.3, 0.4) is 0 Å². The van der Waals surface area contributed by atoms with Gasteiger partial charge >= 0.3 is 0 Å². The number of anilines is 1. The summed E-state index contributed by atoms with van der Waals surface area (Å²) in [6.45, 7) is 9.35. The molecule has 0 radical (unpaired) electrons. The van der Waals surface area contributed by atoms with Crippen LogP contribution in [0, 0.1) is 17.1 Å². The van der Waals surface area contributed by atoms with Gasteiger partial charge in [-0.2, -0.15) is 10.4 Å². The first-order valence-corrected chi connectivity index (χ1v) is 16.4. The number of aromatic nitrogens is 3. The molecule has 0 fully saturated rings. The maximum absolute atomic E-state index is 14.4. The van der Waals surface area contributed by atoms with E-state index in [1.54, 1.807) is 37.0 Å². The summed E-state index contributed by atoms with van der Waals surface area (Å²) < 4.78 is 28.1. The molecule has 1 aromatic carbocycles. The molecule has 0 saturated heterocycles. The van der Waals surface area contributed by atoms with Crippen LogP contribution in [0.15, 0.2) is 47.2 Å². The van der Waals surface area contributed by atoms with E-state index in [1.165, 1.54) is 18.3 Å². The number of hydrogen-bond donors (Lipinski definition) is 2. The lowest BCUT2D eigenvalue weighted by molar-refractivity contribution is 0.0777. The van der Waals surface area contributed by atoms with Gasteiger partial charge in [0.05, 0.1) is 11.4 Å². The van der Waals surface area contributed by atoms with Gasteiger partial charge < -0.3 is 20.9 Å². The first-order chi connectivity index (χ1) is 18.6. The lowest BCUT2D eigenvalue weighted by atomic mass is 9.91. The topological polar surface area (TPSA) is 137 Å². The fourth-order valence-corrected chi connectivity index (χ4v) is 5.30. The first-order valence-electron chi connectivity index (χ1n) is 12.7. The monoisotopic (exact) mass is 547 g/mol. The highest BCUT2D eigenvalue weighted by Gasteiger charge is 2.27. The number of nitriles is 1. The number of benzene rings is 1. The van der Waals surface area contributed by atoms with Crippen molar-refractivity contribution in [1.82, 2.24) is 14.8 Å². The largest absolute Gasteiger partial charge is 0.482 e. The number of rotatable bonds is 5. The van der Waals surface area contributed by atoms with Crippen LogP contribution in [-0.4, -0.2) is 42.2 Å². The van der Waals surface area contributed by atoms with Crippen molar-refractivity contribution in [2.75, 3.05) is 19.4 Å². The van der Waals surface area contributed by atoms with E-state index in [1.807, 2.05) is 0 Å². The van der Waals surface area contributed by atoms with Gasteiger partial charge in [0.2, 0.25) is 0 Å². The fourth-order valence-electron chi connectivity index (χ4n) is 4.54. The van der Waals surface area contributed by atoms with Crippen LogP contribution in [-0.2, 0) is 17.9 Å². The standard InChI is InChI=1S/C28H34FN7O2Si/c1-17-22-12-20(29)6-7-21(22)27(33-2)18(13-30)10-23-26(19-11-25(38-17)28(32)34-15-19)24(14-31)36(35-23)16-37-8-9-39(3,4)5/h6-7,11-13,15,17H,8-10,16,30H2,1-5H3,(H2,32,34). The minimum Gasteiger partial charge on any atom is -0.482 e. The average molecular weight is 548 g/mol. The molecule has 1 atom stereocenters. The molecule has 9 nitrogen and oxygen atoms in total. The number of aliphatic imine (C=N–C) groups is 1. The number of pyridine rings is 1. The van der Waals surface area contributed by atoms with Crippen molar-refractivity contribution in [3.05, 3.63) is 70.6 Å². The van der Waals surface area contributed by atoms with Gasteiger partial charge in [-0.25, -0.2) is 14.1 Å². The van der Waals surface area contributed by atoms with Crippen molar-refractivity contribution in [3.8, 4) is 22.9 Å². The second-order valence-corrected chi connectivity index (χ2v) is 16.3. The van der Waals surface area contributed by atoms with E-state index in [0.29, 0.717) is 57.3 Å². The molecule has 3 aromatic rings. The van der Waals surface area contributed by atoms with Crippen LogP contribution in [0.5, 0.6) is 5.75 Å². The van der Waals surface area contributed by atoms with Crippen molar-refractivity contribution < 1.29 is 13.9 Å². The molecule has 11 heteroatoms. The zero-order chi connectivity index (χ0) is 28.3. The molecule has 0 aliphatic carbocycles. The Morgan fingerprint density at radius 2 is 2.10 bits per heavy atom. The Labute approximate surface area is 229 Å². The summed E-state index contributed by atoms with van der Waals surface area (Å²) >= 11 is 0. The molecular weight excluding hydrogens is 513 g/mol. The summed E-state index contributed by atoms with van der Waals surface area (Å²) in [5.41, 5.74) is 16.9. The molecule has 2 aromatic heterocycles. The number of allylic oxidation sites excluding steroid dienone is 1. The average Bonchev–Trinajstić information content (AvgIpc) is 3.24. The van der Waals surface area contributed by atoms with Gasteiger partial charge in [0.15, 0.2) is 11.6 Å². The van der Waals surface area contributed by atoms with E-state index >= 15 is 0 Å². The fraction of sp³-hybridized carbons (Fsp3) is 0.357. The number of hydrogen-bond acceptors (Lipinski definition) is 8. The molecule has 2 bridgehead atoms. The van der Waals surface area contributed by atoms with Crippen LogP contribution in [0.25, 0.3) is 11.1 Å². The third kappa shape index (κ3) is 6.02. The van der Waals surface area contributed by atoms with Gasteiger partial charge in [0.25, 0.3) is 0 Å². The summed E-state index contributed by atoms with van der Waals surface area (Å²) in [5.74, 6) is 0.0858. The molecule has 0 amide bonds. The van der Waals surface area contributed by atoms with Crippen LogP contribution < -0.4 is 16.2 Å². The molecule has 1 aliphatic rings. The normalized spacial score (nSPS) is 17.5. The van der Waals surface area contributed by atoms with Gasteiger partial charge in [-0.3, -0.25) is 4.99 Å². The van der Waals surface area contributed by atoms with E-state index in [-0.39, 0.29) is 19.0 Å². The molecular formula is C28H34FN7O2Si. The third-order valence-electron chi connectivity index (χ3n) is 6.61. The van der Waals surface area contributed by atoms with Crippen LogP contribution in [0.4, 0.5) is 10.2 Å². The third-order valence-corrected chi connectivity index (χ3v) is 8.31. The van der Waals surface area contributed by atoms with Crippen LogP contribution >= 0.6 is 0 Å². The van der Waals surface area contributed by atoms with Crippen molar-refractivity contribution in [3.63, 3.8) is 0 Å². The predicted molar refractivity (Wildman–Crippen MR) is 153 cm³/mol. The van der Waals surface area contributed by atoms with Gasteiger partial charge in [-0.1, -0.05) is 19.6 Å². The summed E-state index contributed by atoms with van der Waals surface area (Å²) in [7, 11) is 0.370. The Balaban J connectivity index is 1.89. The van der Waals surface area contributed by atoms with Crippen LogP contribution in [0.2, 0.25) is 25.7 Å². The lowest BCUT2D eigenvalue weighted by Gasteiger charge is -2.22. The van der Waals surface area contributed by atoms with E-state index in [4.69, 9.17) is 26.0 Å². The predicted octanol–water partition coefficient (Wildman–Crippen LogP) is 4.81. The number of nitrogen functional groups attached to an aromatic ring is 1. The van der Waals surface area contributed by atoms with E-state index in [2.05, 4.69) is 35.7 Å². The molecule has 1 aliphatic heterocycles. The van der Waals surface area contributed by atoms with Crippen molar-refractivity contribution in [2.45, 2.75) is 51.9 Å². The zero-order valence-corrected chi connectivity index (χ0v) is 24.0. The summed E-state index contributed by atoms with van der Waals surface area (Å²) in [4.78, 5) is 8.85. The Morgan fingerprint density at radius 3 is 2.77 bits per heavy atom. The van der Waals surface area contributed by atoms with Gasteiger partial charge in [0, 0.05) is 56.6 Å². The van der Waals surface area contributed by atoms with Crippen molar-refractivity contribution in [1.29, 1.82) is 5.26 Å². The first kappa shape index (κ1) is 28.0. The highest BCUT2D eigenvalue weighted by Crippen LogP contribution is 2.37. The maximum Gasteiger partial charge on any atom is 0.166 e. The van der Waals surface area contributed by atoms with Crippen LogP contribution in [0.1, 0.15) is 35.5 Å². The second kappa shape index (κ2) is 11.4. The van der Waals surface area contributed by atoms with E-state index in [0.717, 1.165) is 6.04 Å². The SMILES string of the molecule is CN=C1C(=CN)Cc2nn(COCC[Si](C)(C)C)c(C#N)c2-c2cnc(N)c(c2)OC(C)c2cc(F)ccc21. The molecule has 4 N–H and O–H groups in total. The molecule has 4 rings (SSSR count). The highest BCUT2D eigenvalue weighted by molar-refractivity contribution is 6.76. The number of halogens is 1. The molecule has 39 heavy (non-hydrogen) atoms. The Morgan fingerprint density at radius 1 is 1.33 bits per heavy atom. The summed E-state index contributed by atoms with van der Waals surface area (Å²) in [6, 6.07) is 9.47. The summed E-state index contributed by atoms with van der Waals surface area (Å²) in [6.07, 6.45) is 2.73. The summed E-state index contributed by atoms with van der Waals surface area (Å²) in [5, 5.41) is 15.0.